The molecule has 0 amide bonds. The van der Waals surface area contributed by atoms with Crippen LogP contribution in [-0.4, -0.2) is 38.4 Å². The van der Waals surface area contributed by atoms with E-state index < -0.39 is 26.1 Å². The number of carbonyl (C=O) groups is 2. The Morgan fingerprint density at radius 1 is 1.33 bits per heavy atom. The van der Waals surface area contributed by atoms with E-state index in [4.69, 9.17) is 4.74 Å². The lowest BCUT2D eigenvalue weighted by molar-refractivity contribution is -0.164. The highest BCUT2D eigenvalue weighted by atomic mass is 31.1. The van der Waals surface area contributed by atoms with E-state index in [1.165, 1.54) is 21.1 Å². The zero-order valence-electron chi connectivity index (χ0n) is 8.89. The van der Waals surface area contributed by atoms with Gasteiger partial charge in [-0.25, -0.2) is 4.79 Å². The zero-order valence-corrected chi connectivity index (χ0v) is 9.78. The van der Waals surface area contributed by atoms with Crippen molar-refractivity contribution >= 4 is 20.0 Å². The van der Waals surface area contributed by atoms with Crippen molar-refractivity contribution in [3.8, 4) is 0 Å². The quantitative estimate of drug-likeness (QED) is 0.503. The van der Waals surface area contributed by atoms with Gasteiger partial charge in [-0.05, 0) is 4.57 Å². The number of ether oxygens (including phenoxy) is 2. The Hall–Kier alpha value is -1.00. The monoisotopic (exact) mass is 237 g/mol. The minimum Gasteiger partial charge on any atom is -0.466 e. The third-order valence-corrected chi connectivity index (χ3v) is 2.58. The number of methoxy groups -OCH3 is 1. The Bertz CT molecular complexity index is 252. The molecular formula is C8H14O6P+. The number of esters is 2. The second kappa shape index (κ2) is 7.31. The minimum atomic E-state index is -1.81. The van der Waals surface area contributed by atoms with Crippen LogP contribution in [0.5, 0.6) is 0 Å². The fourth-order valence-electron chi connectivity index (χ4n) is 0.871. The van der Waals surface area contributed by atoms with Gasteiger partial charge in [-0.2, -0.15) is 0 Å². The molecule has 0 rings (SSSR count). The summed E-state index contributed by atoms with van der Waals surface area (Å²) in [4.78, 5) is 21.8. The van der Waals surface area contributed by atoms with Crippen molar-refractivity contribution in [2.45, 2.75) is 19.4 Å². The smallest absolute Gasteiger partial charge is 0.466 e. The van der Waals surface area contributed by atoms with Gasteiger partial charge in [0.2, 0.25) is 6.10 Å². The van der Waals surface area contributed by atoms with Gasteiger partial charge in [0.25, 0.3) is 0 Å². The van der Waals surface area contributed by atoms with Crippen molar-refractivity contribution in [3.63, 3.8) is 0 Å². The van der Waals surface area contributed by atoms with Crippen LogP contribution in [0.1, 0.15) is 13.3 Å². The van der Waals surface area contributed by atoms with Crippen LogP contribution in [0.3, 0.4) is 0 Å². The van der Waals surface area contributed by atoms with Gasteiger partial charge in [0.05, 0.1) is 14.2 Å². The van der Waals surface area contributed by atoms with Crippen molar-refractivity contribution in [2.24, 2.45) is 0 Å². The van der Waals surface area contributed by atoms with Crippen LogP contribution in [0.25, 0.3) is 0 Å². The van der Waals surface area contributed by atoms with E-state index in [1.807, 2.05) is 0 Å². The van der Waals surface area contributed by atoms with E-state index in [2.05, 4.69) is 9.26 Å². The predicted octanol–water partition coefficient (Wildman–Crippen LogP) is 0.870. The van der Waals surface area contributed by atoms with E-state index in [9.17, 15) is 14.2 Å². The van der Waals surface area contributed by atoms with Gasteiger partial charge in [-0.1, -0.05) is 0 Å². The first-order valence-electron chi connectivity index (χ1n) is 4.25. The molecule has 0 spiro atoms. The molecule has 2 unspecified atom stereocenters. The molecule has 0 saturated carbocycles. The largest absolute Gasteiger partial charge is 0.507 e. The van der Waals surface area contributed by atoms with E-state index in [-0.39, 0.29) is 12.6 Å². The first-order chi connectivity index (χ1) is 7.01. The summed E-state index contributed by atoms with van der Waals surface area (Å²) >= 11 is 0. The molecule has 0 saturated heterocycles. The SMILES string of the molecule is COC(=O)C(CC[P+](=O)OC)OC(C)=O. The van der Waals surface area contributed by atoms with Gasteiger partial charge >= 0.3 is 20.0 Å². The minimum absolute atomic E-state index is 0.120. The first kappa shape index (κ1) is 14.0. The second-order valence-electron chi connectivity index (χ2n) is 2.65. The fourth-order valence-corrected chi connectivity index (χ4v) is 1.50. The van der Waals surface area contributed by atoms with E-state index in [0.29, 0.717) is 0 Å². The molecule has 0 aliphatic heterocycles. The summed E-state index contributed by atoms with van der Waals surface area (Å²) in [5.41, 5.74) is 0. The van der Waals surface area contributed by atoms with Crippen LogP contribution in [0.2, 0.25) is 0 Å². The Morgan fingerprint density at radius 2 is 1.93 bits per heavy atom. The van der Waals surface area contributed by atoms with Crippen molar-refractivity contribution in [1.29, 1.82) is 0 Å². The molecule has 0 aromatic heterocycles. The molecule has 86 valence electrons. The van der Waals surface area contributed by atoms with Gasteiger partial charge in [-0.3, -0.25) is 4.79 Å². The molecule has 0 aliphatic rings. The van der Waals surface area contributed by atoms with Gasteiger partial charge in [-0.15, -0.1) is 4.52 Å². The highest BCUT2D eigenvalue weighted by Gasteiger charge is 2.27. The Morgan fingerprint density at radius 3 is 2.33 bits per heavy atom. The standard InChI is InChI=1S/C8H14O6P/c1-6(9)14-7(8(10)12-2)4-5-15(11)13-3/h7H,4-5H2,1-3H3/q+1. The van der Waals surface area contributed by atoms with Crippen molar-refractivity contribution in [2.75, 3.05) is 20.4 Å². The molecule has 0 aromatic rings. The summed E-state index contributed by atoms with van der Waals surface area (Å²) < 4.78 is 24.6. The summed E-state index contributed by atoms with van der Waals surface area (Å²) in [6.07, 6.45) is -0.754. The van der Waals surface area contributed by atoms with Crippen LogP contribution in [-0.2, 0) is 28.2 Å². The maximum atomic E-state index is 11.1. The summed E-state index contributed by atoms with van der Waals surface area (Å²) in [6, 6.07) is 0. The molecule has 0 heterocycles. The Kier molecular flexibility index (Phi) is 6.83. The van der Waals surface area contributed by atoms with Crippen LogP contribution < -0.4 is 0 Å². The Labute approximate surface area is 88.7 Å². The maximum Gasteiger partial charge on any atom is 0.507 e. The predicted molar refractivity (Wildman–Crippen MR) is 51.7 cm³/mol. The average molecular weight is 237 g/mol. The van der Waals surface area contributed by atoms with E-state index in [1.54, 1.807) is 0 Å². The van der Waals surface area contributed by atoms with Crippen LogP contribution >= 0.6 is 8.03 Å². The maximum absolute atomic E-state index is 11.1. The summed E-state index contributed by atoms with van der Waals surface area (Å²) in [5, 5.41) is 0. The lowest BCUT2D eigenvalue weighted by atomic mass is 10.3. The summed E-state index contributed by atoms with van der Waals surface area (Å²) in [7, 11) is 0.678. The number of carbonyl (C=O) groups excluding carboxylic acids is 2. The van der Waals surface area contributed by atoms with Gasteiger partial charge < -0.3 is 9.47 Å². The highest BCUT2D eigenvalue weighted by Crippen LogP contribution is 2.22. The molecular weight excluding hydrogens is 223 g/mol. The van der Waals surface area contributed by atoms with Crippen molar-refractivity contribution < 1.29 is 28.2 Å². The lowest BCUT2D eigenvalue weighted by Crippen LogP contribution is -2.28. The van der Waals surface area contributed by atoms with Crippen LogP contribution in [0.15, 0.2) is 0 Å². The molecule has 0 aromatic carbocycles. The normalized spacial score (nSPS) is 12.9. The third kappa shape index (κ3) is 6.14. The first-order valence-corrected chi connectivity index (χ1v) is 5.61. The fraction of sp³-hybridized carbons (Fsp3) is 0.750. The van der Waals surface area contributed by atoms with Crippen LogP contribution in [0, 0.1) is 0 Å². The van der Waals surface area contributed by atoms with E-state index in [0.717, 1.165) is 0 Å². The number of hydrogen-bond donors (Lipinski definition) is 0. The molecule has 0 fully saturated rings. The number of hydrogen-bond acceptors (Lipinski definition) is 6. The van der Waals surface area contributed by atoms with Crippen molar-refractivity contribution in [3.05, 3.63) is 0 Å². The highest BCUT2D eigenvalue weighted by molar-refractivity contribution is 7.39. The topological polar surface area (TPSA) is 78.9 Å². The summed E-state index contributed by atoms with van der Waals surface area (Å²) in [5.74, 6) is -1.25. The van der Waals surface area contributed by atoms with E-state index >= 15 is 0 Å². The molecule has 15 heavy (non-hydrogen) atoms. The lowest BCUT2D eigenvalue weighted by Gasteiger charge is -2.11. The Balaban J connectivity index is 4.18. The molecule has 2 atom stereocenters. The molecule has 0 bridgehead atoms. The molecule has 7 heteroatoms. The van der Waals surface area contributed by atoms with Gasteiger partial charge in [0, 0.05) is 13.3 Å². The molecule has 0 radical (unpaired) electrons. The second-order valence-corrected chi connectivity index (χ2v) is 4.13. The molecule has 6 nitrogen and oxygen atoms in total. The zero-order chi connectivity index (χ0) is 11.8. The molecule has 0 aliphatic carbocycles. The van der Waals surface area contributed by atoms with Gasteiger partial charge in [0.1, 0.15) is 0 Å². The number of rotatable bonds is 6. The van der Waals surface area contributed by atoms with Crippen molar-refractivity contribution in [1.82, 2.24) is 0 Å². The third-order valence-electron chi connectivity index (χ3n) is 1.55. The van der Waals surface area contributed by atoms with Crippen LogP contribution in [0.4, 0.5) is 0 Å². The van der Waals surface area contributed by atoms with Gasteiger partial charge in [0.15, 0.2) is 6.16 Å². The summed E-state index contributed by atoms with van der Waals surface area (Å²) in [6.45, 7) is 1.19. The molecule has 0 N–H and O–H groups in total. The average Bonchev–Trinajstić information content (AvgIpc) is 2.21.